The predicted octanol–water partition coefficient (Wildman–Crippen LogP) is 6.99. The molecule has 0 radical (unpaired) electrons. The zero-order valence-electron chi connectivity index (χ0n) is 21.1. The number of hydrogen-bond donors (Lipinski definition) is 2. The number of nitrogen functional groups attached to an aromatic ring is 1. The lowest BCUT2D eigenvalue weighted by Gasteiger charge is -2.10. The van der Waals surface area contributed by atoms with Crippen LogP contribution >= 0.6 is 11.6 Å². The van der Waals surface area contributed by atoms with E-state index < -0.39 is 0 Å². The lowest BCUT2D eigenvalue weighted by Crippen LogP contribution is -2.20. The summed E-state index contributed by atoms with van der Waals surface area (Å²) in [6, 6.07) is 31.6. The summed E-state index contributed by atoms with van der Waals surface area (Å²) in [5.41, 5.74) is 14.3. The highest BCUT2D eigenvalue weighted by molar-refractivity contribution is 6.30. The molecule has 0 unspecified atom stereocenters. The summed E-state index contributed by atoms with van der Waals surface area (Å²) >= 11 is 6.02. The minimum Gasteiger partial charge on any atom is -0.497 e. The van der Waals surface area contributed by atoms with Crippen LogP contribution in [0.2, 0.25) is 5.02 Å². The Kier molecular flexibility index (Phi) is 7.66. The lowest BCUT2D eigenvalue weighted by molar-refractivity contribution is 0.0956. The number of benzene rings is 4. The molecule has 1 aromatic heterocycles. The number of para-hydroxylation sites is 1. The molecule has 0 bridgehead atoms. The second-order valence-electron chi connectivity index (χ2n) is 8.75. The molecule has 0 aliphatic rings. The number of hydrazone groups is 1. The molecule has 0 saturated carbocycles. The Balaban J connectivity index is 1.50. The molecule has 39 heavy (non-hydrogen) atoms. The Morgan fingerprint density at radius 2 is 1.67 bits per heavy atom. The van der Waals surface area contributed by atoms with Crippen molar-refractivity contribution in [2.45, 2.75) is 0 Å². The predicted molar refractivity (Wildman–Crippen MR) is 159 cm³/mol. The van der Waals surface area contributed by atoms with E-state index in [4.69, 9.17) is 27.1 Å². The fourth-order valence-electron chi connectivity index (χ4n) is 4.05. The monoisotopic (exact) mass is 532 g/mol. The number of fused-ring (bicyclic) bond motifs is 1. The van der Waals surface area contributed by atoms with Crippen molar-refractivity contribution in [3.63, 3.8) is 0 Å². The molecular weight excluding hydrogens is 508 g/mol. The van der Waals surface area contributed by atoms with Crippen LogP contribution in [0.15, 0.2) is 114 Å². The fourth-order valence-corrected chi connectivity index (χ4v) is 4.17. The molecule has 4 aromatic carbocycles. The molecule has 3 N–H and O–H groups in total. The quantitative estimate of drug-likeness (QED) is 0.134. The second-order valence-corrected chi connectivity index (χ2v) is 9.18. The molecule has 0 atom stereocenters. The standard InChI is InChI=1S/C32H25ClN4O2/c1-39-26-17-11-23(12-18-26)31-20-28(27-4-2-3-5-30(27)35-31)32(38)37-36-29(22-9-15-25(34)16-10-22)19-8-21-6-13-24(33)14-7-21/h2-20H,34H2,1H3,(H,37,38)/b19-8+,36-29+. The minimum absolute atomic E-state index is 0.351. The Hall–Kier alpha value is -4.94. The highest BCUT2D eigenvalue weighted by atomic mass is 35.5. The number of methoxy groups -OCH3 is 1. The summed E-state index contributed by atoms with van der Waals surface area (Å²) in [6.45, 7) is 0. The van der Waals surface area contributed by atoms with Gasteiger partial charge in [-0.3, -0.25) is 4.79 Å². The van der Waals surface area contributed by atoms with E-state index in [0.29, 0.717) is 33.2 Å². The largest absolute Gasteiger partial charge is 0.497 e. The Bertz CT molecular complexity index is 1680. The van der Waals surface area contributed by atoms with Gasteiger partial charge in [0.2, 0.25) is 0 Å². The van der Waals surface area contributed by atoms with Crippen molar-refractivity contribution >= 4 is 45.9 Å². The third-order valence-corrected chi connectivity index (χ3v) is 6.39. The number of carbonyl (C=O) groups excluding carboxylic acids is 1. The lowest BCUT2D eigenvalue weighted by atomic mass is 10.0. The molecule has 5 rings (SSSR count). The first-order valence-corrected chi connectivity index (χ1v) is 12.6. The van der Waals surface area contributed by atoms with Gasteiger partial charge in [-0.2, -0.15) is 5.10 Å². The first kappa shape index (κ1) is 25.7. The summed E-state index contributed by atoms with van der Waals surface area (Å²) in [7, 11) is 1.62. The zero-order chi connectivity index (χ0) is 27.2. The van der Waals surface area contributed by atoms with Gasteiger partial charge in [-0.1, -0.05) is 60.1 Å². The summed E-state index contributed by atoms with van der Waals surface area (Å²) < 4.78 is 5.27. The van der Waals surface area contributed by atoms with E-state index in [1.54, 1.807) is 25.3 Å². The van der Waals surface area contributed by atoms with Crippen LogP contribution in [0, 0.1) is 0 Å². The van der Waals surface area contributed by atoms with Gasteiger partial charge in [-0.05, 0) is 72.3 Å². The van der Waals surface area contributed by atoms with Crippen LogP contribution in [0.4, 0.5) is 5.69 Å². The molecule has 6 nitrogen and oxygen atoms in total. The molecule has 0 fully saturated rings. The van der Waals surface area contributed by atoms with Crippen molar-refractivity contribution in [3.8, 4) is 17.0 Å². The summed E-state index contributed by atoms with van der Waals surface area (Å²) in [6.07, 6.45) is 3.74. The molecule has 7 heteroatoms. The van der Waals surface area contributed by atoms with Crippen LogP contribution in [-0.2, 0) is 0 Å². The molecule has 0 aliphatic heterocycles. The molecular formula is C32H25ClN4O2. The average Bonchev–Trinajstić information content (AvgIpc) is 2.98. The van der Waals surface area contributed by atoms with Gasteiger partial charge in [-0.25, -0.2) is 10.4 Å². The van der Waals surface area contributed by atoms with Gasteiger partial charge in [0.05, 0.1) is 29.6 Å². The number of anilines is 1. The number of amides is 1. The van der Waals surface area contributed by atoms with Crippen LogP contribution in [0.3, 0.4) is 0 Å². The first-order valence-electron chi connectivity index (χ1n) is 12.2. The number of ether oxygens (including phenoxy) is 1. The first-order chi connectivity index (χ1) is 19.0. The number of rotatable bonds is 7. The van der Waals surface area contributed by atoms with E-state index in [9.17, 15) is 4.79 Å². The molecule has 5 aromatic rings. The van der Waals surface area contributed by atoms with Crippen molar-refractivity contribution in [1.29, 1.82) is 0 Å². The van der Waals surface area contributed by atoms with Crippen LogP contribution in [0.25, 0.3) is 28.2 Å². The van der Waals surface area contributed by atoms with Gasteiger partial charge in [0, 0.05) is 27.2 Å². The maximum atomic E-state index is 13.5. The van der Waals surface area contributed by atoms with Crippen LogP contribution in [-0.4, -0.2) is 23.7 Å². The van der Waals surface area contributed by atoms with Gasteiger partial charge in [0.15, 0.2) is 0 Å². The Morgan fingerprint density at radius 3 is 2.38 bits per heavy atom. The topological polar surface area (TPSA) is 89.6 Å². The van der Waals surface area contributed by atoms with Gasteiger partial charge in [-0.15, -0.1) is 0 Å². The number of hydrogen-bond acceptors (Lipinski definition) is 5. The summed E-state index contributed by atoms with van der Waals surface area (Å²) in [5.74, 6) is 0.393. The molecule has 1 heterocycles. The molecule has 0 aliphatic carbocycles. The Labute approximate surface area is 231 Å². The van der Waals surface area contributed by atoms with Crippen LogP contribution < -0.4 is 15.9 Å². The van der Waals surface area contributed by atoms with Crippen LogP contribution in [0.5, 0.6) is 5.75 Å². The Morgan fingerprint density at radius 1 is 0.949 bits per heavy atom. The molecule has 192 valence electrons. The van der Waals surface area contributed by atoms with E-state index in [-0.39, 0.29) is 5.91 Å². The molecule has 1 amide bonds. The van der Waals surface area contributed by atoms with Crippen LogP contribution in [0.1, 0.15) is 21.5 Å². The third-order valence-electron chi connectivity index (χ3n) is 6.13. The molecule has 0 spiro atoms. The average molecular weight is 533 g/mol. The highest BCUT2D eigenvalue weighted by Gasteiger charge is 2.14. The van der Waals surface area contributed by atoms with Gasteiger partial charge >= 0.3 is 0 Å². The second kappa shape index (κ2) is 11.6. The maximum Gasteiger partial charge on any atom is 0.272 e. The van der Waals surface area contributed by atoms with Crippen molar-refractivity contribution in [3.05, 3.63) is 131 Å². The number of pyridine rings is 1. The number of nitrogens with zero attached hydrogens (tertiary/aromatic N) is 2. The molecule has 0 saturated heterocycles. The zero-order valence-corrected chi connectivity index (χ0v) is 21.9. The number of halogens is 1. The normalized spacial score (nSPS) is 11.6. The van der Waals surface area contributed by atoms with Crippen molar-refractivity contribution in [2.75, 3.05) is 12.8 Å². The fraction of sp³-hybridized carbons (Fsp3) is 0.0312. The van der Waals surface area contributed by atoms with Gasteiger partial charge in [0.25, 0.3) is 5.91 Å². The van der Waals surface area contributed by atoms with Gasteiger partial charge in [0.1, 0.15) is 5.75 Å². The van der Waals surface area contributed by atoms with E-state index in [0.717, 1.165) is 27.8 Å². The van der Waals surface area contributed by atoms with Crippen molar-refractivity contribution in [1.82, 2.24) is 10.4 Å². The number of nitrogens with one attached hydrogen (secondary N) is 1. The number of nitrogens with two attached hydrogens (primary N) is 1. The van der Waals surface area contributed by atoms with Crippen molar-refractivity contribution in [2.24, 2.45) is 5.10 Å². The van der Waals surface area contributed by atoms with E-state index in [1.165, 1.54) is 0 Å². The minimum atomic E-state index is -0.351. The number of carbonyl (C=O) groups is 1. The van der Waals surface area contributed by atoms with E-state index in [1.807, 2.05) is 97.1 Å². The SMILES string of the molecule is COc1ccc(-c2cc(C(=O)N/N=C(\C=C\c3ccc(Cl)cc3)c3ccc(N)cc3)c3ccccc3n2)cc1. The highest BCUT2D eigenvalue weighted by Crippen LogP contribution is 2.26. The number of allylic oxidation sites excluding steroid dienone is 1. The smallest absolute Gasteiger partial charge is 0.272 e. The van der Waals surface area contributed by atoms with E-state index in [2.05, 4.69) is 10.5 Å². The van der Waals surface area contributed by atoms with Crippen molar-refractivity contribution < 1.29 is 9.53 Å². The summed E-state index contributed by atoms with van der Waals surface area (Å²) in [5, 5.41) is 5.88. The maximum absolute atomic E-state index is 13.5. The third kappa shape index (κ3) is 6.14. The van der Waals surface area contributed by atoms with E-state index >= 15 is 0 Å². The van der Waals surface area contributed by atoms with Gasteiger partial charge < -0.3 is 10.5 Å². The summed E-state index contributed by atoms with van der Waals surface area (Å²) in [4.78, 5) is 18.3. The number of aromatic nitrogens is 1.